The molecule has 3 aromatic carbocycles. The van der Waals surface area contributed by atoms with Gasteiger partial charge in [-0.1, -0.05) is 94.7 Å². The summed E-state index contributed by atoms with van der Waals surface area (Å²) in [4.78, 5) is 62.2. The first kappa shape index (κ1) is 75.3. The maximum absolute atomic E-state index is 12.7. The van der Waals surface area contributed by atoms with Gasteiger partial charge in [0.15, 0.2) is 0 Å². The monoisotopic (exact) mass is 1160 g/mol. The van der Waals surface area contributed by atoms with E-state index in [4.69, 9.17) is 39.9 Å². The molecular weight excluding hydrogens is 1050 g/mol. The summed E-state index contributed by atoms with van der Waals surface area (Å²) in [5.41, 5.74) is 11.7. The van der Waals surface area contributed by atoms with Gasteiger partial charge in [0.25, 0.3) is 0 Å². The van der Waals surface area contributed by atoms with E-state index in [2.05, 4.69) is 17.6 Å². The van der Waals surface area contributed by atoms with Gasteiger partial charge in [-0.3, -0.25) is 14.4 Å². The molecule has 0 unspecified atom stereocenters. The molecule has 0 radical (unpaired) electrons. The molecule has 0 heterocycles. The Bertz CT molecular complexity index is 2210. The SMILES string of the molecule is CC(C)(C)OC(=O)[C@H](Cc1ccc(OC(C)(C)C)cc1)NC(=O)CCCCCCCN.CC(C)(C)OC(=O)[C@H](N)Cc1ccc(OC(C)(C)C)cc1.CCCCCCCCC(=O)N[C@@H](Cc1ccc(OC(C)(C)C)cc1)C(=O)OC(C)(C)C. The van der Waals surface area contributed by atoms with Gasteiger partial charge in [0.05, 0.1) is 0 Å². The summed E-state index contributed by atoms with van der Waals surface area (Å²) >= 11 is 0. The van der Waals surface area contributed by atoms with Crippen molar-refractivity contribution in [3.63, 3.8) is 0 Å². The molecule has 3 atom stereocenters. The Kier molecular flexibility index (Phi) is 32.9. The molecule has 2 amide bonds. The third-order valence-corrected chi connectivity index (χ3v) is 11.5. The maximum Gasteiger partial charge on any atom is 0.329 e. The molecule has 6 N–H and O–H groups in total. The van der Waals surface area contributed by atoms with Crippen molar-refractivity contribution in [2.75, 3.05) is 6.54 Å². The van der Waals surface area contributed by atoms with E-state index in [0.717, 1.165) is 85.3 Å². The predicted octanol–water partition coefficient (Wildman–Crippen LogP) is 13.6. The third kappa shape index (κ3) is 40.3. The van der Waals surface area contributed by atoms with Crippen molar-refractivity contribution in [1.82, 2.24) is 10.6 Å². The van der Waals surface area contributed by atoms with Crippen LogP contribution in [-0.2, 0) is 57.4 Å². The fraction of sp³-hybridized carbons (Fsp3) is 0.662. The van der Waals surface area contributed by atoms with E-state index in [9.17, 15) is 24.0 Å². The number of nitrogens with one attached hydrogen (secondary N) is 2. The Hall–Kier alpha value is -5.67. The van der Waals surface area contributed by atoms with Crippen molar-refractivity contribution < 1.29 is 52.4 Å². The molecule has 15 heteroatoms. The lowest BCUT2D eigenvalue weighted by atomic mass is 10.0. The standard InChI is InChI=1S/C26H43NO4.C25H42N2O4.C17H27NO3/c1-8-9-10-11-12-13-14-23(28)27-22(24(29)31-26(5,6)7)19-20-15-17-21(18-16-20)30-25(2,3)4;1-24(2,3)30-20-15-13-19(14-16-20)18-21(23(29)31-25(4,5)6)27-22(28)12-10-8-7-9-11-17-26;1-16(2,3)20-13-9-7-12(8-10-13)11-14(18)15(19)21-17(4,5)6/h15-18,22H,8-14,19H2,1-7H3,(H,27,28);13-16,21H,7-12,17-18,26H2,1-6H3,(H,27,28);7-10,14H,11,18H2,1-6H3/t22-;21-;14-/m001/s1. The van der Waals surface area contributed by atoms with Crippen molar-refractivity contribution in [3.8, 4) is 17.2 Å². The van der Waals surface area contributed by atoms with E-state index in [1.54, 1.807) is 0 Å². The maximum atomic E-state index is 12.7. The van der Waals surface area contributed by atoms with Gasteiger partial charge in [-0.25, -0.2) is 9.59 Å². The number of ether oxygens (including phenoxy) is 6. The van der Waals surface area contributed by atoms with Crippen molar-refractivity contribution >= 4 is 29.7 Å². The van der Waals surface area contributed by atoms with Crippen LogP contribution in [-0.4, -0.2) is 88.0 Å². The van der Waals surface area contributed by atoms with Gasteiger partial charge in [-0.05, 0) is 210 Å². The average molecular weight is 1160 g/mol. The van der Waals surface area contributed by atoms with Crippen LogP contribution in [0.1, 0.15) is 232 Å². The number of carbonyl (C=O) groups excluding carboxylic acids is 5. The van der Waals surface area contributed by atoms with Gasteiger partial charge < -0.3 is 50.5 Å². The van der Waals surface area contributed by atoms with Crippen molar-refractivity contribution in [2.24, 2.45) is 11.5 Å². The summed E-state index contributed by atoms with van der Waals surface area (Å²) in [6.07, 6.45) is 13.7. The second-order valence-corrected chi connectivity index (χ2v) is 27.5. The van der Waals surface area contributed by atoms with E-state index in [1.807, 2.05) is 197 Å². The van der Waals surface area contributed by atoms with Crippen LogP contribution in [0.5, 0.6) is 17.2 Å². The molecule has 83 heavy (non-hydrogen) atoms. The van der Waals surface area contributed by atoms with E-state index in [0.29, 0.717) is 38.6 Å². The van der Waals surface area contributed by atoms with E-state index in [1.165, 1.54) is 19.3 Å². The Morgan fingerprint density at radius 2 is 0.663 bits per heavy atom. The molecule has 0 spiro atoms. The second kappa shape index (κ2) is 36.2. The summed E-state index contributed by atoms with van der Waals surface area (Å²) < 4.78 is 33.8. The molecule has 3 aromatic rings. The molecule has 0 fully saturated rings. The summed E-state index contributed by atoms with van der Waals surface area (Å²) in [5, 5.41) is 5.78. The second-order valence-electron chi connectivity index (χ2n) is 27.5. The van der Waals surface area contributed by atoms with Crippen molar-refractivity contribution in [3.05, 3.63) is 89.5 Å². The zero-order valence-electron chi connectivity index (χ0n) is 54.8. The van der Waals surface area contributed by atoms with Crippen molar-refractivity contribution in [2.45, 2.75) is 286 Å². The summed E-state index contributed by atoms with van der Waals surface area (Å²) in [5.74, 6) is 0.926. The average Bonchev–Trinajstić information content (AvgIpc) is 3.33. The lowest BCUT2D eigenvalue weighted by Gasteiger charge is -2.25. The molecule has 0 aliphatic rings. The van der Waals surface area contributed by atoms with E-state index in [-0.39, 0.29) is 34.6 Å². The number of hydrogen-bond donors (Lipinski definition) is 4. The number of rotatable bonds is 28. The van der Waals surface area contributed by atoms with Crippen LogP contribution in [0.2, 0.25) is 0 Å². The lowest BCUT2D eigenvalue weighted by Crippen LogP contribution is -2.45. The highest BCUT2D eigenvalue weighted by molar-refractivity contribution is 5.85. The van der Waals surface area contributed by atoms with Gasteiger partial charge in [0.2, 0.25) is 11.8 Å². The number of carbonyl (C=O) groups is 5. The number of nitrogens with two attached hydrogens (primary N) is 2. The number of benzene rings is 3. The minimum absolute atomic E-state index is 0.0981. The molecule has 470 valence electrons. The minimum Gasteiger partial charge on any atom is -0.488 e. The van der Waals surface area contributed by atoms with Crippen LogP contribution >= 0.6 is 0 Å². The largest absolute Gasteiger partial charge is 0.488 e. The first-order chi connectivity index (χ1) is 38.2. The fourth-order valence-corrected chi connectivity index (χ4v) is 8.02. The van der Waals surface area contributed by atoms with Crippen LogP contribution in [0.3, 0.4) is 0 Å². The van der Waals surface area contributed by atoms with Crippen LogP contribution in [0.25, 0.3) is 0 Å². The molecule has 3 rings (SSSR count). The van der Waals surface area contributed by atoms with Crippen LogP contribution in [0, 0.1) is 0 Å². The molecule has 15 nitrogen and oxygen atoms in total. The number of unbranched alkanes of at least 4 members (excludes halogenated alkanes) is 9. The molecule has 0 saturated heterocycles. The van der Waals surface area contributed by atoms with Crippen LogP contribution in [0.15, 0.2) is 72.8 Å². The third-order valence-electron chi connectivity index (χ3n) is 11.5. The van der Waals surface area contributed by atoms with Gasteiger partial charge in [0.1, 0.15) is 69.0 Å². The smallest absolute Gasteiger partial charge is 0.329 e. The minimum atomic E-state index is -0.724. The Morgan fingerprint density at radius 3 is 0.952 bits per heavy atom. The normalized spacial score (nSPS) is 13.1. The molecule has 0 saturated carbocycles. The molecular formula is C68H112N4O11. The summed E-state index contributed by atoms with van der Waals surface area (Å²) in [6.45, 7) is 37.3. The van der Waals surface area contributed by atoms with Gasteiger partial charge in [-0.15, -0.1) is 0 Å². The van der Waals surface area contributed by atoms with E-state index < -0.39 is 46.9 Å². The first-order valence-corrected chi connectivity index (χ1v) is 30.3. The summed E-state index contributed by atoms with van der Waals surface area (Å²) in [7, 11) is 0. The lowest BCUT2D eigenvalue weighted by molar-refractivity contribution is -0.159. The summed E-state index contributed by atoms with van der Waals surface area (Å²) in [6, 6.07) is 20.8. The Labute approximate surface area is 501 Å². The molecule has 0 bridgehead atoms. The highest BCUT2D eigenvalue weighted by Gasteiger charge is 2.29. The Morgan fingerprint density at radius 1 is 0.386 bits per heavy atom. The molecule has 0 aliphatic carbocycles. The zero-order chi connectivity index (χ0) is 63.2. The number of esters is 3. The van der Waals surface area contributed by atoms with E-state index >= 15 is 0 Å². The van der Waals surface area contributed by atoms with Gasteiger partial charge >= 0.3 is 17.9 Å². The number of hydrogen-bond acceptors (Lipinski definition) is 13. The number of amides is 2. The molecule has 0 aromatic heterocycles. The Balaban J connectivity index is 0.000000635. The quantitative estimate of drug-likeness (QED) is 0.0303. The fourth-order valence-electron chi connectivity index (χ4n) is 8.02. The van der Waals surface area contributed by atoms with Gasteiger partial charge in [-0.2, -0.15) is 0 Å². The first-order valence-electron chi connectivity index (χ1n) is 30.3. The highest BCUT2D eigenvalue weighted by Crippen LogP contribution is 2.23. The van der Waals surface area contributed by atoms with Crippen molar-refractivity contribution in [1.29, 1.82) is 0 Å². The van der Waals surface area contributed by atoms with Crippen LogP contribution in [0.4, 0.5) is 0 Å². The zero-order valence-corrected chi connectivity index (χ0v) is 54.8. The predicted molar refractivity (Wildman–Crippen MR) is 336 cm³/mol. The highest BCUT2D eigenvalue weighted by atomic mass is 16.6. The topological polar surface area (TPSA) is 217 Å². The van der Waals surface area contributed by atoms with Crippen LogP contribution < -0.4 is 36.3 Å². The van der Waals surface area contributed by atoms with Gasteiger partial charge in [0, 0.05) is 25.7 Å². The molecule has 0 aliphatic heterocycles.